The molecule has 3 aliphatic heterocycles. The Hall–Kier alpha value is -1.59. The normalized spacial score (nSPS) is 23.7. The molecule has 0 saturated carbocycles. The summed E-state index contributed by atoms with van der Waals surface area (Å²) in [6.07, 6.45) is 6.06. The topological polar surface area (TPSA) is 50.8 Å². The Labute approximate surface area is 163 Å². The van der Waals surface area contributed by atoms with E-state index < -0.39 is 0 Å². The van der Waals surface area contributed by atoms with Crippen molar-refractivity contribution in [3.63, 3.8) is 0 Å². The van der Waals surface area contributed by atoms with Gasteiger partial charge in [-0.2, -0.15) is 0 Å². The Kier molecular flexibility index (Phi) is 7.13. The van der Waals surface area contributed by atoms with E-state index >= 15 is 0 Å². The number of amides is 1. The summed E-state index contributed by atoms with van der Waals surface area (Å²) in [5, 5.41) is 3.05. The Morgan fingerprint density at radius 1 is 1.30 bits per heavy atom. The molecule has 2 unspecified atom stereocenters. The predicted octanol–water partition coefficient (Wildman–Crippen LogP) is 3.33. The zero-order valence-electron chi connectivity index (χ0n) is 17.1. The van der Waals surface area contributed by atoms with Gasteiger partial charge in [-0.1, -0.05) is 32.8 Å². The summed E-state index contributed by atoms with van der Waals surface area (Å²) in [6, 6.07) is 4.47. The molecule has 3 aliphatic rings. The minimum absolute atomic E-state index is 0.0149. The molecule has 1 aromatic rings. The number of hydrogen-bond acceptors (Lipinski definition) is 4. The van der Waals surface area contributed by atoms with Crippen molar-refractivity contribution in [2.24, 2.45) is 0 Å². The van der Waals surface area contributed by atoms with E-state index in [1.54, 1.807) is 0 Å². The Bertz CT molecular complexity index is 645. The van der Waals surface area contributed by atoms with Crippen LogP contribution in [0.5, 0.6) is 5.75 Å². The number of morpholine rings is 1. The van der Waals surface area contributed by atoms with Crippen LogP contribution in [0.4, 0.5) is 0 Å². The maximum Gasteiger partial charge on any atom is 0.251 e. The first-order valence-electron chi connectivity index (χ1n) is 10.5. The highest BCUT2D eigenvalue weighted by atomic mass is 16.5. The van der Waals surface area contributed by atoms with E-state index in [4.69, 9.17) is 9.47 Å². The first-order chi connectivity index (χ1) is 13.1. The molecule has 0 aromatic heterocycles. The molecule has 0 aliphatic carbocycles. The maximum absolute atomic E-state index is 12.6. The fourth-order valence-corrected chi connectivity index (χ4v) is 3.97. The summed E-state index contributed by atoms with van der Waals surface area (Å²) in [7, 11) is 0. The number of fused-ring (bicyclic) bond motifs is 2. The van der Waals surface area contributed by atoms with Gasteiger partial charge in [0.2, 0.25) is 0 Å². The summed E-state index contributed by atoms with van der Waals surface area (Å²) >= 11 is 0. The molecule has 1 aromatic carbocycles. The van der Waals surface area contributed by atoms with Gasteiger partial charge in [0.1, 0.15) is 5.75 Å². The molecule has 0 radical (unpaired) electrons. The second-order valence-electron chi connectivity index (χ2n) is 7.79. The van der Waals surface area contributed by atoms with Gasteiger partial charge in [-0.15, -0.1) is 0 Å². The Balaban J connectivity index is 0.000000481. The lowest BCUT2D eigenvalue weighted by atomic mass is 10.0. The van der Waals surface area contributed by atoms with Crippen LogP contribution in [0.3, 0.4) is 0 Å². The zero-order chi connectivity index (χ0) is 19.2. The molecule has 2 saturated heterocycles. The van der Waals surface area contributed by atoms with Crippen molar-refractivity contribution in [1.82, 2.24) is 10.2 Å². The van der Waals surface area contributed by atoms with Gasteiger partial charge in [-0.25, -0.2) is 0 Å². The van der Waals surface area contributed by atoms with E-state index in [1.165, 1.54) is 32.2 Å². The molecule has 1 N–H and O–H groups in total. The number of aryl methyl sites for hydroxylation is 1. The van der Waals surface area contributed by atoms with Crippen LogP contribution in [-0.4, -0.2) is 55.8 Å². The number of carbonyl (C=O) groups is 1. The number of ether oxygens (including phenoxy) is 2. The van der Waals surface area contributed by atoms with Gasteiger partial charge in [0.05, 0.1) is 19.3 Å². The van der Waals surface area contributed by atoms with Crippen LogP contribution in [0.25, 0.3) is 0 Å². The fourth-order valence-electron chi connectivity index (χ4n) is 3.97. The Morgan fingerprint density at radius 2 is 2.11 bits per heavy atom. The van der Waals surface area contributed by atoms with Gasteiger partial charge >= 0.3 is 0 Å². The zero-order valence-corrected chi connectivity index (χ0v) is 17.1. The fraction of sp³-hybridized carbons (Fsp3) is 0.682. The number of benzene rings is 1. The summed E-state index contributed by atoms with van der Waals surface area (Å²) in [5.74, 6) is 0.880. The molecule has 2 atom stereocenters. The number of nitrogens with zero attached hydrogens (tertiary/aromatic N) is 1. The first kappa shape index (κ1) is 20.2. The lowest BCUT2D eigenvalue weighted by Gasteiger charge is -2.35. The molecule has 3 heterocycles. The molecule has 0 spiro atoms. The van der Waals surface area contributed by atoms with E-state index in [1.807, 2.05) is 19.1 Å². The van der Waals surface area contributed by atoms with Crippen LogP contribution < -0.4 is 10.1 Å². The van der Waals surface area contributed by atoms with Crippen molar-refractivity contribution >= 4 is 5.91 Å². The predicted molar refractivity (Wildman–Crippen MR) is 108 cm³/mol. The summed E-state index contributed by atoms with van der Waals surface area (Å²) in [6.45, 7) is 10.5. The van der Waals surface area contributed by atoms with Crippen molar-refractivity contribution in [3.05, 3.63) is 28.8 Å². The number of unbranched alkanes of at least 4 members (excludes halogenated alkanes) is 1. The maximum atomic E-state index is 12.6. The highest BCUT2D eigenvalue weighted by Gasteiger charge is 2.32. The van der Waals surface area contributed by atoms with Gasteiger partial charge in [-0.3, -0.25) is 9.69 Å². The van der Waals surface area contributed by atoms with Crippen LogP contribution in [0.1, 0.15) is 61.0 Å². The van der Waals surface area contributed by atoms with Gasteiger partial charge in [0.25, 0.3) is 5.91 Å². The van der Waals surface area contributed by atoms with E-state index in [-0.39, 0.29) is 12.0 Å². The van der Waals surface area contributed by atoms with Crippen LogP contribution in [-0.2, 0) is 11.2 Å². The number of nitrogens with one attached hydrogen (secondary N) is 1. The number of rotatable bonds is 4. The average molecular weight is 375 g/mol. The second kappa shape index (κ2) is 9.56. The summed E-state index contributed by atoms with van der Waals surface area (Å²) < 4.78 is 11.6. The van der Waals surface area contributed by atoms with Gasteiger partial charge < -0.3 is 14.8 Å². The molecule has 1 amide bonds. The summed E-state index contributed by atoms with van der Waals surface area (Å²) in [4.78, 5) is 15.0. The van der Waals surface area contributed by atoms with Crippen molar-refractivity contribution in [2.45, 2.75) is 65.0 Å². The van der Waals surface area contributed by atoms with Gasteiger partial charge in [0.15, 0.2) is 0 Å². The smallest absolute Gasteiger partial charge is 0.251 e. The molecule has 2 fully saturated rings. The lowest BCUT2D eigenvalue weighted by Crippen LogP contribution is -2.50. The van der Waals surface area contributed by atoms with E-state index in [0.717, 1.165) is 42.0 Å². The van der Waals surface area contributed by atoms with Crippen LogP contribution in [0.15, 0.2) is 12.1 Å². The average Bonchev–Trinajstić information content (AvgIpc) is 3.36. The third-order valence-corrected chi connectivity index (χ3v) is 5.75. The molecule has 5 nitrogen and oxygen atoms in total. The van der Waals surface area contributed by atoms with Crippen molar-refractivity contribution in [1.29, 1.82) is 0 Å². The largest absolute Gasteiger partial charge is 0.493 e. The van der Waals surface area contributed by atoms with Gasteiger partial charge in [-0.05, 0) is 37.9 Å². The van der Waals surface area contributed by atoms with Crippen LogP contribution in [0.2, 0.25) is 0 Å². The quantitative estimate of drug-likeness (QED) is 0.878. The SMILES string of the molecule is CCCC.Cc1ccc(C(=O)NCC2CN3CCCC3CO2)c2c1OCC2. The second-order valence-corrected chi connectivity index (χ2v) is 7.79. The van der Waals surface area contributed by atoms with Crippen molar-refractivity contribution < 1.29 is 14.3 Å². The van der Waals surface area contributed by atoms with E-state index in [9.17, 15) is 4.79 Å². The summed E-state index contributed by atoms with van der Waals surface area (Å²) in [5.41, 5.74) is 2.90. The lowest BCUT2D eigenvalue weighted by molar-refractivity contribution is -0.0461. The third-order valence-electron chi connectivity index (χ3n) is 5.75. The minimum atomic E-state index is -0.0149. The van der Waals surface area contributed by atoms with Crippen molar-refractivity contribution in [2.75, 3.05) is 32.8 Å². The standard InChI is InChI=1S/C18H24N2O3.C4H10/c1-12-4-5-16(15-6-8-22-17(12)15)18(21)19-9-14-10-20-7-2-3-13(20)11-23-14;1-3-4-2/h4-5,13-14H,2-3,6-11H2,1H3,(H,19,21);3-4H2,1-2H3. The molecular formula is C22H34N2O3. The Morgan fingerprint density at radius 3 is 2.89 bits per heavy atom. The first-order valence-corrected chi connectivity index (χ1v) is 10.5. The molecular weight excluding hydrogens is 340 g/mol. The molecule has 27 heavy (non-hydrogen) atoms. The van der Waals surface area contributed by atoms with Crippen LogP contribution >= 0.6 is 0 Å². The van der Waals surface area contributed by atoms with Crippen molar-refractivity contribution in [3.8, 4) is 5.75 Å². The minimum Gasteiger partial charge on any atom is -0.493 e. The highest BCUT2D eigenvalue weighted by Crippen LogP contribution is 2.32. The molecule has 0 bridgehead atoms. The van der Waals surface area contributed by atoms with Crippen LogP contribution in [0, 0.1) is 6.92 Å². The van der Waals surface area contributed by atoms with E-state index in [0.29, 0.717) is 19.2 Å². The molecule has 5 heteroatoms. The highest BCUT2D eigenvalue weighted by molar-refractivity contribution is 5.96. The molecule has 4 rings (SSSR count). The van der Waals surface area contributed by atoms with E-state index in [2.05, 4.69) is 24.1 Å². The number of hydrogen-bond donors (Lipinski definition) is 1. The monoisotopic (exact) mass is 374 g/mol. The molecule has 150 valence electrons. The van der Waals surface area contributed by atoms with Gasteiger partial charge in [0, 0.05) is 36.7 Å². The third kappa shape index (κ3) is 4.82. The number of carbonyl (C=O) groups excluding carboxylic acids is 1.